The summed E-state index contributed by atoms with van der Waals surface area (Å²) in [6.07, 6.45) is 3.04. The van der Waals surface area contributed by atoms with Gasteiger partial charge in [-0.15, -0.1) is 10.2 Å². The van der Waals surface area contributed by atoms with Crippen LogP contribution in [0.5, 0.6) is 5.75 Å². The quantitative estimate of drug-likeness (QED) is 0.0927. The molecule has 1 aromatic heterocycles. The number of benzene rings is 4. The van der Waals surface area contributed by atoms with E-state index < -0.39 is 23.5 Å². The maximum absolute atomic E-state index is 13.6. The summed E-state index contributed by atoms with van der Waals surface area (Å²) in [5, 5.41) is 20.0. The van der Waals surface area contributed by atoms with Crippen molar-refractivity contribution in [1.29, 1.82) is 0 Å². The molecule has 44 heavy (non-hydrogen) atoms. The number of aliphatic hydroxyl groups is 1. The minimum Gasteiger partial charge on any atom is -0.503 e. The molecule has 9 heteroatoms. The lowest BCUT2D eigenvalue weighted by atomic mass is 9.95. The van der Waals surface area contributed by atoms with E-state index >= 15 is 0 Å². The van der Waals surface area contributed by atoms with Crippen LogP contribution < -0.4 is 9.64 Å². The zero-order valence-electron chi connectivity index (χ0n) is 23.4. The van der Waals surface area contributed by atoms with Gasteiger partial charge in [0, 0.05) is 5.75 Å². The van der Waals surface area contributed by atoms with Crippen LogP contribution in [0.2, 0.25) is 0 Å². The number of aromatic nitrogens is 2. The highest BCUT2D eigenvalue weighted by molar-refractivity contribution is 8.00. The highest BCUT2D eigenvalue weighted by Gasteiger charge is 2.45. The molecule has 1 N–H and O–H groups in total. The Morgan fingerprint density at radius 1 is 0.886 bits per heavy atom. The molecule has 5 aromatic rings. The average molecular weight is 618 g/mol. The van der Waals surface area contributed by atoms with E-state index in [0.29, 0.717) is 28.0 Å². The van der Waals surface area contributed by atoms with Gasteiger partial charge >= 0.3 is 0 Å². The number of ether oxygens (including phenoxy) is 1. The van der Waals surface area contributed by atoms with Gasteiger partial charge in [-0.25, -0.2) is 0 Å². The molecule has 0 spiro atoms. The Labute approximate surface area is 263 Å². The number of nitrogens with zero attached hydrogens (tertiary/aromatic N) is 3. The lowest BCUT2D eigenvalue weighted by Crippen LogP contribution is -2.30. The second-order valence-electron chi connectivity index (χ2n) is 9.92. The number of ketones is 1. The van der Waals surface area contributed by atoms with Gasteiger partial charge in [0.15, 0.2) is 15.9 Å². The topological polar surface area (TPSA) is 92.6 Å². The third kappa shape index (κ3) is 6.64. The first kappa shape index (κ1) is 29.1. The summed E-state index contributed by atoms with van der Waals surface area (Å²) in [7, 11) is 0. The molecule has 6 rings (SSSR count). The van der Waals surface area contributed by atoms with Crippen LogP contribution in [0.25, 0.3) is 6.08 Å². The Kier molecular flexibility index (Phi) is 8.95. The van der Waals surface area contributed by atoms with E-state index in [1.54, 1.807) is 24.3 Å². The van der Waals surface area contributed by atoms with Gasteiger partial charge in [-0.1, -0.05) is 132 Å². The van der Waals surface area contributed by atoms with E-state index in [1.807, 2.05) is 97.1 Å². The van der Waals surface area contributed by atoms with E-state index in [4.69, 9.17) is 4.74 Å². The van der Waals surface area contributed by atoms with Crippen molar-refractivity contribution in [3.05, 3.63) is 155 Å². The van der Waals surface area contributed by atoms with E-state index in [-0.39, 0.29) is 10.7 Å². The van der Waals surface area contributed by atoms with Crippen LogP contribution in [0.15, 0.2) is 137 Å². The predicted molar refractivity (Wildman–Crippen MR) is 173 cm³/mol. The largest absolute Gasteiger partial charge is 0.503 e. The number of carbonyl (C=O) groups excluding carboxylic acids is 2. The van der Waals surface area contributed by atoms with Crippen LogP contribution in [0, 0.1) is 0 Å². The third-order valence-corrected chi connectivity index (χ3v) is 9.06. The first-order valence-electron chi connectivity index (χ1n) is 13.9. The van der Waals surface area contributed by atoms with Crippen molar-refractivity contribution in [1.82, 2.24) is 10.2 Å². The fourth-order valence-electron chi connectivity index (χ4n) is 4.79. The van der Waals surface area contributed by atoms with Crippen LogP contribution >= 0.6 is 23.1 Å². The van der Waals surface area contributed by atoms with Gasteiger partial charge in [0.1, 0.15) is 12.4 Å². The summed E-state index contributed by atoms with van der Waals surface area (Å²) < 4.78 is 6.72. The van der Waals surface area contributed by atoms with E-state index in [0.717, 1.165) is 16.7 Å². The predicted octanol–water partition coefficient (Wildman–Crippen LogP) is 7.59. The minimum absolute atomic E-state index is 0.0314. The Balaban J connectivity index is 1.32. The fourth-order valence-corrected chi connectivity index (χ4v) is 6.61. The zero-order valence-corrected chi connectivity index (χ0v) is 25.1. The highest BCUT2D eigenvalue weighted by Crippen LogP contribution is 2.44. The van der Waals surface area contributed by atoms with Crippen molar-refractivity contribution in [3.63, 3.8) is 0 Å². The van der Waals surface area contributed by atoms with Crippen LogP contribution in [0.4, 0.5) is 5.13 Å². The molecule has 0 fully saturated rings. The Bertz CT molecular complexity index is 1820. The summed E-state index contributed by atoms with van der Waals surface area (Å²) in [4.78, 5) is 28.6. The molecule has 1 aliphatic heterocycles. The number of aliphatic hydroxyl groups excluding tert-OH is 1. The first-order chi connectivity index (χ1) is 21.6. The molecular formula is C35H27N3O4S2. The number of rotatable bonds is 11. The number of amides is 1. The molecule has 1 aliphatic rings. The second kappa shape index (κ2) is 13.5. The summed E-state index contributed by atoms with van der Waals surface area (Å²) in [6, 6.07) is 35.4. The SMILES string of the molecule is O=C(C=Cc1ccccc1)C1=C(O)C(=O)N(c2nnc(SCc3ccccc3)s2)C1c1cccc(OCc2ccccc2)c1. The number of hydrogen-bond acceptors (Lipinski definition) is 8. The van der Waals surface area contributed by atoms with Gasteiger partial charge in [-0.2, -0.15) is 0 Å². The number of carbonyl (C=O) groups is 2. The Hall–Kier alpha value is -4.99. The molecule has 218 valence electrons. The van der Waals surface area contributed by atoms with Crippen LogP contribution in [0.1, 0.15) is 28.3 Å². The lowest BCUT2D eigenvalue weighted by Gasteiger charge is -2.24. The van der Waals surface area contributed by atoms with Gasteiger partial charge < -0.3 is 9.84 Å². The van der Waals surface area contributed by atoms with Gasteiger partial charge in [0.2, 0.25) is 5.13 Å². The summed E-state index contributed by atoms with van der Waals surface area (Å²) in [5.41, 5.74) is 3.52. The lowest BCUT2D eigenvalue weighted by molar-refractivity contribution is -0.117. The highest BCUT2D eigenvalue weighted by atomic mass is 32.2. The molecule has 1 atom stereocenters. The third-order valence-electron chi connectivity index (χ3n) is 6.93. The number of hydrogen-bond donors (Lipinski definition) is 1. The average Bonchev–Trinajstić information content (AvgIpc) is 3.65. The van der Waals surface area contributed by atoms with Crippen LogP contribution in [-0.2, 0) is 21.9 Å². The maximum atomic E-state index is 13.6. The van der Waals surface area contributed by atoms with Crippen molar-refractivity contribution in [2.24, 2.45) is 0 Å². The van der Waals surface area contributed by atoms with Gasteiger partial charge in [0.05, 0.1) is 11.6 Å². The van der Waals surface area contributed by atoms with E-state index in [2.05, 4.69) is 10.2 Å². The van der Waals surface area contributed by atoms with Gasteiger partial charge in [0.25, 0.3) is 5.91 Å². The summed E-state index contributed by atoms with van der Waals surface area (Å²) in [6.45, 7) is 0.350. The van der Waals surface area contributed by atoms with Gasteiger partial charge in [-0.3, -0.25) is 14.5 Å². The van der Waals surface area contributed by atoms with Gasteiger partial charge in [-0.05, 0) is 40.5 Å². The summed E-state index contributed by atoms with van der Waals surface area (Å²) in [5.74, 6) is -0.551. The first-order valence-corrected chi connectivity index (χ1v) is 15.7. The molecule has 0 bridgehead atoms. The Morgan fingerprint density at radius 3 is 2.30 bits per heavy atom. The molecule has 0 radical (unpaired) electrons. The molecule has 0 saturated heterocycles. The van der Waals surface area contributed by atoms with E-state index in [9.17, 15) is 14.7 Å². The van der Waals surface area contributed by atoms with Crippen molar-refractivity contribution in [2.75, 3.05) is 4.90 Å². The number of thioether (sulfide) groups is 1. The minimum atomic E-state index is -0.935. The molecule has 0 saturated carbocycles. The maximum Gasteiger partial charge on any atom is 0.296 e. The van der Waals surface area contributed by atoms with Crippen LogP contribution in [0.3, 0.4) is 0 Å². The Morgan fingerprint density at radius 2 is 1.57 bits per heavy atom. The van der Waals surface area contributed by atoms with Crippen LogP contribution in [-0.4, -0.2) is 27.0 Å². The van der Waals surface area contributed by atoms with Crippen molar-refractivity contribution >= 4 is 46.0 Å². The van der Waals surface area contributed by atoms with Crippen molar-refractivity contribution in [2.45, 2.75) is 22.7 Å². The van der Waals surface area contributed by atoms with E-state index in [1.165, 1.54) is 34.1 Å². The molecule has 7 nitrogen and oxygen atoms in total. The van der Waals surface area contributed by atoms with Crippen molar-refractivity contribution < 1.29 is 19.4 Å². The molecule has 1 amide bonds. The zero-order chi connectivity index (χ0) is 30.3. The molecule has 2 heterocycles. The smallest absolute Gasteiger partial charge is 0.296 e. The molecular weight excluding hydrogens is 591 g/mol. The summed E-state index contributed by atoms with van der Waals surface area (Å²) >= 11 is 2.74. The number of anilines is 1. The molecule has 4 aromatic carbocycles. The molecule has 0 aliphatic carbocycles. The monoisotopic (exact) mass is 617 g/mol. The molecule has 1 unspecified atom stereocenters. The second-order valence-corrected chi connectivity index (χ2v) is 12.1. The van der Waals surface area contributed by atoms with Crippen molar-refractivity contribution in [3.8, 4) is 5.75 Å². The fraction of sp³-hybridized carbons (Fsp3) is 0.0857. The standard InChI is InChI=1S/C35H27N3O4S2/c39-29(20-19-24-11-4-1-5-12-24)30-31(27-17-10-18-28(21-27)42-22-25-13-6-2-7-14-25)38(33(41)32(30)40)34-36-37-35(44-34)43-23-26-15-8-3-9-16-26/h1-21,31,40H,22-23H2. The number of allylic oxidation sites excluding steroid dienone is 1. The normalized spacial score (nSPS) is 14.9.